The van der Waals surface area contributed by atoms with E-state index in [2.05, 4.69) is 63.8 Å². The van der Waals surface area contributed by atoms with Crippen LogP contribution in [0.5, 0.6) is 5.75 Å². The van der Waals surface area contributed by atoms with E-state index in [1.807, 2.05) is 0 Å². The lowest BCUT2D eigenvalue weighted by atomic mass is 9.98. The summed E-state index contributed by atoms with van der Waals surface area (Å²) >= 11 is 0. The topological polar surface area (TPSA) is 583 Å². The SMILES string of the molecule is CC(C)C[C@H](NC(=O)[C@@H](NC(=O)[C@H](Cc1ccc(O)cc1)NC(=O)[C@@H](NC(=O)[C@H](C)NC(=O)[C@H](C)NC(=O)[C@@H](NC(=O)[C@H](CCCCN)NC(=O)[C@H](CCCCN)NC(=O)[C@H](CCCCN)NC(=O)[C@H](CCCCN)NC(=O)[C@@H](N)CCCCN)C(C)C)[C@@H](C)O)C(C)C)C(=O)N[C@H](C(=O)O)C(C)C. The molecule has 0 unspecified atom stereocenters. The summed E-state index contributed by atoms with van der Waals surface area (Å²) in [5, 5.41) is 62.1. The molecule has 14 atom stereocenters. The third-order valence-electron chi connectivity index (χ3n) is 17.3. The second kappa shape index (κ2) is 50.3. The van der Waals surface area contributed by atoms with E-state index in [4.69, 9.17) is 34.4 Å². The van der Waals surface area contributed by atoms with Crippen LogP contribution in [-0.2, 0) is 68.7 Å². The van der Waals surface area contributed by atoms with E-state index in [9.17, 15) is 77.6 Å². The molecule has 12 amide bonds. The van der Waals surface area contributed by atoms with Gasteiger partial charge in [-0.05, 0) is 191 Å². The van der Waals surface area contributed by atoms with E-state index >= 15 is 0 Å². The van der Waals surface area contributed by atoms with Gasteiger partial charge < -0.3 is 114 Å². The molecule has 0 aliphatic carbocycles. The average molecular weight is 1480 g/mol. The number of hydrogen-bond donors (Lipinski definition) is 21. The number of unbranched alkanes of at least 4 members (excludes halogenated alkanes) is 5. The first-order chi connectivity index (χ1) is 49.0. The maximum Gasteiger partial charge on any atom is 0.326 e. The number of nitrogens with one attached hydrogen (secondary N) is 12. The summed E-state index contributed by atoms with van der Waals surface area (Å²) in [6, 6.07) is -11.4. The fourth-order valence-electron chi connectivity index (χ4n) is 10.9. The Morgan fingerprint density at radius 3 is 0.990 bits per heavy atom. The van der Waals surface area contributed by atoms with Gasteiger partial charge in [0.05, 0.1) is 12.1 Å². The van der Waals surface area contributed by atoms with Crippen LogP contribution < -0.4 is 98.2 Å². The van der Waals surface area contributed by atoms with Gasteiger partial charge >= 0.3 is 5.97 Å². The van der Waals surface area contributed by atoms with Gasteiger partial charge in [-0.2, -0.15) is 0 Å². The number of nitrogens with two attached hydrogens (primary N) is 6. The molecule has 0 radical (unpaired) electrons. The molecule has 27 N–H and O–H groups in total. The highest BCUT2D eigenvalue weighted by Crippen LogP contribution is 2.17. The molecule has 1 rings (SSSR count). The Kier molecular flexibility index (Phi) is 45.4. The van der Waals surface area contributed by atoms with Crippen molar-refractivity contribution < 1.29 is 77.6 Å². The first kappa shape index (κ1) is 93.9. The van der Waals surface area contributed by atoms with Crippen LogP contribution in [0.25, 0.3) is 0 Å². The number of amides is 12. The van der Waals surface area contributed by atoms with E-state index in [1.165, 1.54) is 45.0 Å². The van der Waals surface area contributed by atoms with Crippen molar-refractivity contribution >= 4 is 76.9 Å². The van der Waals surface area contributed by atoms with Crippen LogP contribution in [-0.4, -0.2) is 210 Å². The molecule has 1 aromatic rings. The van der Waals surface area contributed by atoms with E-state index < -0.39 is 179 Å². The molecule has 104 heavy (non-hydrogen) atoms. The van der Waals surface area contributed by atoms with Gasteiger partial charge in [-0.15, -0.1) is 0 Å². The van der Waals surface area contributed by atoms with Crippen molar-refractivity contribution in [1.29, 1.82) is 0 Å². The average Bonchev–Trinajstić information content (AvgIpc) is 0.844. The Bertz CT molecular complexity index is 2870. The van der Waals surface area contributed by atoms with Crippen molar-refractivity contribution in [3.05, 3.63) is 29.8 Å². The van der Waals surface area contributed by atoms with Crippen LogP contribution in [0.15, 0.2) is 24.3 Å². The van der Waals surface area contributed by atoms with Gasteiger partial charge in [0.2, 0.25) is 70.9 Å². The fraction of sp³-hybridized carbons (Fsp3) is 0.729. The highest BCUT2D eigenvalue weighted by molar-refractivity contribution is 6.00. The van der Waals surface area contributed by atoms with Crippen molar-refractivity contribution in [2.75, 3.05) is 32.7 Å². The number of hydrogen-bond acceptors (Lipinski definition) is 21. The minimum absolute atomic E-state index is 0.0314. The molecule has 1 aromatic carbocycles. The molecule has 0 aliphatic rings. The molecule has 34 heteroatoms. The summed E-state index contributed by atoms with van der Waals surface area (Å²) < 4.78 is 0. The third-order valence-corrected chi connectivity index (χ3v) is 17.3. The molecule has 592 valence electrons. The van der Waals surface area contributed by atoms with Crippen LogP contribution in [0.1, 0.15) is 184 Å². The number of rotatable bonds is 53. The van der Waals surface area contributed by atoms with Gasteiger partial charge in [-0.25, -0.2) is 4.79 Å². The lowest BCUT2D eigenvalue weighted by Crippen LogP contribution is -2.62. The molecule has 0 saturated carbocycles. The van der Waals surface area contributed by atoms with E-state index in [-0.39, 0.29) is 69.8 Å². The quantitative estimate of drug-likeness (QED) is 0.0294. The zero-order valence-corrected chi connectivity index (χ0v) is 62.9. The Hall–Kier alpha value is -8.15. The molecule has 0 heterocycles. The summed E-state index contributed by atoms with van der Waals surface area (Å²) in [6.45, 7) is 18.5. The second-order valence-electron chi connectivity index (χ2n) is 28.1. The minimum Gasteiger partial charge on any atom is -0.508 e. The van der Waals surface area contributed by atoms with Crippen molar-refractivity contribution in [3.63, 3.8) is 0 Å². The number of phenols is 1. The number of carboxylic acids is 1. The Labute approximate surface area is 612 Å². The zero-order chi connectivity index (χ0) is 78.9. The summed E-state index contributed by atoms with van der Waals surface area (Å²) in [5.74, 6) is -13.1. The molecule has 0 aromatic heterocycles. The molecular weight excluding hydrogens is 1350 g/mol. The Balaban J connectivity index is 3.44. The van der Waals surface area contributed by atoms with E-state index in [1.54, 1.807) is 55.4 Å². The van der Waals surface area contributed by atoms with E-state index in [0.29, 0.717) is 89.3 Å². The van der Waals surface area contributed by atoms with Gasteiger partial charge in [0.25, 0.3) is 0 Å². The Morgan fingerprint density at radius 2 is 0.625 bits per heavy atom. The zero-order valence-electron chi connectivity index (χ0n) is 62.9. The van der Waals surface area contributed by atoms with E-state index in [0.717, 1.165) is 0 Å². The molecule has 0 saturated heterocycles. The van der Waals surface area contributed by atoms with Gasteiger partial charge in [0.15, 0.2) is 0 Å². The highest BCUT2D eigenvalue weighted by atomic mass is 16.4. The molecule has 34 nitrogen and oxygen atoms in total. The first-order valence-electron chi connectivity index (χ1n) is 36.6. The van der Waals surface area contributed by atoms with Crippen molar-refractivity contribution in [3.8, 4) is 5.75 Å². The van der Waals surface area contributed by atoms with Gasteiger partial charge in [-0.1, -0.05) is 73.9 Å². The second-order valence-corrected chi connectivity index (χ2v) is 28.1. The molecular formula is C70H126N18O16. The maximum absolute atomic E-state index is 14.4. The lowest BCUT2D eigenvalue weighted by molar-refractivity contribution is -0.143. The van der Waals surface area contributed by atoms with Crippen LogP contribution in [0.2, 0.25) is 0 Å². The van der Waals surface area contributed by atoms with Crippen molar-refractivity contribution in [1.82, 2.24) is 63.8 Å². The standard InChI is InChI=1S/C70H126N18O16/c1-38(2)36-52(65(98)87-56(41(7)8)70(103)104)83-68(101)55(40(5)6)86-66(99)53(37-45-27-29-46(90)30-28-45)84-69(102)57(44(11)89)88-59(92)43(10)77-58(91)42(9)78-67(100)54(39(3)4)85-64(97)51(26-16-21-35-75)82-63(96)50(25-15-20-34-74)81-62(95)49(24-14-19-33-73)80-61(94)48(23-13-18-32-72)79-60(93)47(76)22-12-17-31-71/h27-30,38-44,47-57,89-90H,12-26,31-37,71-76H2,1-11H3,(H,77,91)(H,78,100)(H,79,93)(H,80,94)(H,81,95)(H,82,96)(H,83,101)(H,84,102)(H,85,97)(H,86,99)(H,87,98)(H,88,92)(H,103,104)/t42-,43-,44+,47-,48-,49-,50-,51-,52-,53-,54-,55-,56-,57-/m0/s1. The number of aromatic hydroxyl groups is 1. The minimum atomic E-state index is -1.78. The van der Waals surface area contributed by atoms with Crippen LogP contribution in [0.4, 0.5) is 0 Å². The number of benzene rings is 1. The van der Waals surface area contributed by atoms with Gasteiger partial charge in [0.1, 0.15) is 78.3 Å². The van der Waals surface area contributed by atoms with Gasteiger partial charge in [-0.3, -0.25) is 57.5 Å². The lowest BCUT2D eigenvalue weighted by Gasteiger charge is -2.30. The van der Waals surface area contributed by atoms with Crippen molar-refractivity contribution in [2.24, 2.45) is 58.1 Å². The fourth-order valence-corrected chi connectivity index (χ4v) is 10.9. The number of aliphatic hydroxyl groups is 1. The summed E-state index contributed by atoms with van der Waals surface area (Å²) in [7, 11) is 0. The molecule has 0 spiro atoms. The summed E-state index contributed by atoms with van der Waals surface area (Å²) in [4.78, 5) is 180. The number of phenolic OH excluding ortho intramolecular Hbond substituents is 1. The normalized spacial score (nSPS) is 15.5. The number of carboxylic acid groups (broad SMARTS) is 1. The van der Waals surface area contributed by atoms with Crippen LogP contribution >= 0.6 is 0 Å². The molecule has 0 aliphatic heterocycles. The maximum atomic E-state index is 14.4. The number of carbonyl (C=O) groups excluding carboxylic acids is 12. The predicted molar refractivity (Wildman–Crippen MR) is 392 cm³/mol. The Morgan fingerprint density at radius 1 is 0.337 bits per heavy atom. The highest BCUT2D eigenvalue weighted by Gasteiger charge is 2.38. The van der Waals surface area contributed by atoms with Crippen LogP contribution in [0, 0.1) is 23.7 Å². The number of aliphatic hydroxyl groups excluding tert-OH is 1. The summed E-state index contributed by atoms with van der Waals surface area (Å²) in [5.41, 5.74) is 35.4. The van der Waals surface area contributed by atoms with Crippen LogP contribution in [0.3, 0.4) is 0 Å². The van der Waals surface area contributed by atoms with Crippen molar-refractivity contribution in [2.45, 2.75) is 270 Å². The largest absolute Gasteiger partial charge is 0.508 e. The number of carbonyl (C=O) groups is 13. The monoisotopic (exact) mass is 1470 g/mol. The van der Waals surface area contributed by atoms with Gasteiger partial charge in [0, 0.05) is 6.42 Å². The number of aliphatic carboxylic acids is 1. The smallest absolute Gasteiger partial charge is 0.326 e. The first-order valence-corrected chi connectivity index (χ1v) is 36.6. The molecule has 0 bridgehead atoms. The summed E-state index contributed by atoms with van der Waals surface area (Å²) in [6.07, 6.45) is 3.66. The molecule has 0 fully saturated rings. The predicted octanol–water partition coefficient (Wildman–Crippen LogP) is -2.76. The third kappa shape index (κ3) is 35.6.